The minimum Gasteiger partial charge on any atom is -0.330 e. The maximum Gasteiger partial charge on any atom is 0.0951 e. The fourth-order valence-electron chi connectivity index (χ4n) is 3.17. The van der Waals surface area contributed by atoms with E-state index in [1.54, 1.807) is 0 Å². The lowest BCUT2D eigenvalue weighted by molar-refractivity contribution is 0.579. The third kappa shape index (κ3) is 1.85. The summed E-state index contributed by atoms with van der Waals surface area (Å²) in [5, 5.41) is 0. The molecule has 1 heterocycles. The Labute approximate surface area is 118 Å². The van der Waals surface area contributed by atoms with Crippen LogP contribution in [0, 0.1) is 0 Å². The van der Waals surface area contributed by atoms with Crippen molar-refractivity contribution in [3.8, 4) is 11.1 Å². The van der Waals surface area contributed by atoms with Crippen molar-refractivity contribution in [2.75, 3.05) is 0 Å². The van der Waals surface area contributed by atoms with Gasteiger partial charge in [0, 0.05) is 12.4 Å². The molecule has 1 aliphatic carbocycles. The second-order valence-corrected chi connectivity index (χ2v) is 5.34. The molecule has 0 radical (unpaired) electrons. The van der Waals surface area contributed by atoms with Crippen LogP contribution in [0.15, 0.2) is 67.3 Å². The van der Waals surface area contributed by atoms with Gasteiger partial charge in [0.15, 0.2) is 0 Å². The summed E-state index contributed by atoms with van der Waals surface area (Å²) in [6.45, 7) is 0. The Kier molecular flexibility index (Phi) is 2.66. The highest BCUT2D eigenvalue weighted by Gasteiger charge is 2.23. The van der Waals surface area contributed by atoms with Crippen LogP contribution in [0.3, 0.4) is 0 Å². The largest absolute Gasteiger partial charge is 0.330 e. The third-order valence-corrected chi connectivity index (χ3v) is 4.18. The SMILES string of the molecule is c1ccc(-c2ccc3c(c2)CCC3n2ccnc2)cc1. The van der Waals surface area contributed by atoms with E-state index in [2.05, 4.69) is 64.3 Å². The Morgan fingerprint density at radius 1 is 1.00 bits per heavy atom. The van der Waals surface area contributed by atoms with E-state index in [9.17, 15) is 0 Å². The lowest BCUT2D eigenvalue weighted by Gasteiger charge is -2.13. The third-order valence-electron chi connectivity index (χ3n) is 4.18. The highest BCUT2D eigenvalue weighted by Crippen LogP contribution is 2.36. The van der Waals surface area contributed by atoms with Gasteiger partial charge in [-0.05, 0) is 35.1 Å². The topological polar surface area (TPSA) is 17.8 Å². The molecule has 1 aliphatic rings. The molecule has 0 spiro atoms. The average Bonchev–Trinajstić information content (AvgIpc) is 3.16. The standard InChI is InChI=1S/C18H16N2/c1-2-4-14(5-3-1)15-6-8-17-16(12-15)7-9-18(17)20-11-10-19-13-20/h1-6,8,10-13,18H,7,9H2. The first-order valence-corrected chi connectivity index (χ1v) is 7.07. The van der Waals surface area contributed by atoms with Gasteiger partial charge in [0.2, 0.25) is 0 Å². The van der Waals surface area contributed by atoms with E-state index in [1.165, 1.54) is 28.7 Å². The molecule has 0 N–H and O–H groups in total. The molecule has 4 rings (SSSR count). The van der Waals surface area contributed by atoms with E-state index in [1.807, 2.05) is 12.5 Å². The van der Waals surface area contributed by atoms with Gasteiger partial charge >= 0.3 is 0 Å². The Balaban J connectivity index is 1.74. The summed E-state index contributed by atoms with van der Waals surface area (Å²) < 4.78 is 2.22. The summed E-state index contributed by atoms with van der Waals surface area (Å²) >= 11 is 0. The quantitative estimate of drug-likeness (QED) is 0.678. The van der Waals surface area contributed by atoms with Crippen molar-refractivity contribution in [1.29, 1.82) is 0 Å². The van der Waals surface area contributed by atoms with Gasteiger partial charge in [-0.25, -0.2) is 4.98 Å². The normalized spacial score (nSPS) is 17.1. The van der Waals surface area contributed by atoms with Gasteiger partial charge in [-0.15, -0.1) is 0 Å². The van der Waals surface area contributed by atoms with Crippen LogP contribution in [0.5, 0.6) is 0 Å². The van der Waals surface area contributed by atoms with Crippen LogP contribution in [0.1, 0.15) is 23.6 Å². The van der Waals surface area contributed by atoms with Crippen LogP contribution in [-0.4, -0.2) is 9.55 Å². The predicted octanol–water partition coefficient (Wildman–Crippen LogP) is 4.09. The average molecular weight is 260 g/mol. The first-order chi connectivity index (χ1) is 9.92. The van der Waals surface area contributed by atoms with Crippen molar-refractivity contribution >= 4 is 0 Å². The highest BCUT2D eigenvalue weighted by molar-refractivity contribution is 5.65. The lowest BCUT2D eigenvalue weighted by Crippen LogP contribution is -2.04. The lowest BCUT2D eigenvalue weighted by atomic mass is 10.00. The minimum atomic E-state index is 0.456. The van der Waals surface area contributed by atoms with Crippen LogP contribution in [0.25, 0.3) is 11.1 Å². The summed E-state index contributed by atoms with van der Waals surface area (Å²) in [6.07, 6.45) is 8.16. The fourth-order valence-corrected chi connectivity index (χ4v) is 3.17. The van der Waals surface area contributed by atoms with Crippen LogP contribution in [-0.2, 0) is 6.42 Å². The van der Waals surface area contributed by atoms with E-state index in [0.717, 1.165) is 6.42 Å². The molecule has 1 aromatic heterocycles. The zero-order chi connectivity index (χ0) is 13.4. The van der Waals surface area contributed by atoms with Crippen molar-refractivity contribution in [2.45, 2.75) is 18.9 Å². The van der Waals surface area contributed by atoms with E-state index in [4.69, 9.17) is 0 Å². The smallest absolute Gasteiger partial charge is 0.0951 e. The first-order valence-electron chi connectivity index (χ1n) is 7.07. The number of benzene rings is 2. The van der Waals surface area contributed by atoms with Gasteiger partial charge < -0.3 is 4.57 Å². The van der Waals surface area contributed by atoms with Crippen LogP contribution in [0.2, 0.25) is 0 Å². The predicted molar refractivity (Wildman–Crippen MR) is 80.6 cm³/mol. The van der Waals surface area contributed by atoms with Crippen LogP contribution < -0.4 is 0 Å². The molecular weight excluding hydrogens is 244 g/mol. The van der Waals surface area contributed by atoms with Crippen molar-refractivity contribution in [2.24, 2.45) is 0 Å². The van der Waals surface area contributed by atoms with Crippen LogP contribution >= 0.6 is 0 Å². The number of aryl methyl sites for hydroxylation is 1. The Hall–Kier alpha value is -2.35. The number of hydrogen-bond acceptors (Lipinski definition) is 1. The van der Waals surface area contributed by atoms with Crippen LogP contribution in [0.4, 0.5) is 0 Å². The molecule has 2 heteroatoms. The number of imidazole rings is 1. The summed E-state index contributed by atoms with van der Waals surface area (Å²) in [5.41, 5.74) is 5.53. The van der Waals surface area contributed by atoms with Gasteiger partial charge in [-0.3, -0.25) is 0 Å². The number of aromatic nitrogens is 2. The number of rotatable bonds is 2. The fraction of sp³-hybridized carbons (Fsp3) is 0.167. The van der Waals surface area contributed by atoms with E-state index >= 15 is 0 Å². The zero-order valence-corrected chi connectivity index (χ0v) is 11.2. The Bertz CT molecular complexity index is 714. The molecule has 0 saturated heterocycles. The molecule has 1 unspecified atom stereocenters. The van der Waals surface area contributed by atoms with Gasteiger partial charge in [0.25, 0.3) is 0 Å². The van der Waals surface area contributed by atoms with Crippen molar-refractivity contribution in [1.82, 2.24) is 9.55 Å². The Morgan fingerprint density at radius 2 is 1.90 bits per heavy atom. The summed E-state index contributed by atoms with van der Waals surface area (Å²) in [4.78, 5) is 4.17. The number of nitrogens with zero attached hydrogens (tertiary/aromatic N) is 2. The summed E-state index contributed by atoms with van der Waals surface area (Å²) in [6, 6.07) is 17.9. The van der Waals surface area contributed by atoms with Gasteiger partial charge in [-0.2, -0.15) is 0 Å². The molecule has 0 aliphatic heterocycles. The molecular formula is C18H16N2. The molecule has 0 bridgehead atoms. The molecule has 0 fully saturated rings. The molecule has 20 heavy (non-hydrogen) atoms. The molecule has 2 nitrogen and oxygen atoms in total. The maximum absolute atomic E-state index is 4.17. The van der Waals surface area contributed by atoms with E-state index in [0.29, 0.717) is 6.04 Å². The maximum atomic E-state index is 4.17. The van der Waals surface area contributed by atoms with Gasteiger partial charge in [0.05, 0.1) is 12.4 Å². The minimum absolute atomic E-state index is 0.456. The van der Waals surface area contributed by atoms with Gasteiger partial charge in [0.1, 0.15) is 0 Å². The molecule has 98 valence electrons. The number of fused-ring (bicyclic) bond motifs is 1. The van der Waals surface area contributed by atoms with Crippen molar-refractivity contribution in [3.63, 3.8) is 0 Å². The molecule has 2 aromatic carbocycles. The second kappa shape index (κ2) is 4.64. The van der Waals surface area contributed by atoms with E-state index < -0.39 is 0 Å². The van der Waals surface area contributed by atoms with Gasteiger partial charge in [-0.1, -0.05) is 48.5 Å². The Morgan fingerprint density at radius 3 is 2.70 bits per heavy atom. The molecule has 3 aromatic rings. The van der Waals surface area contributed by atoms with Crippen molar-refractivity contribution < 1.29 is 0 Å². The summed E-state index contributed by atoms with van der Waals surface area (Å²) in [5.74, 6) is 0. The molecule has 1 atom stereocenters. The first kappa shape index (κ1) is 11.5. The monoisotopic (exact) mass is 260 g/mol. The number of hydrogen-bond donors (Lipinski definition) is 0. The summed E-state index contributed by atoms with van der Waals surface area (Å²) in [7, 11) is 0. The zero-order valence-electron chi connectivity index (χ0n) is 11.2. The highest BCUT2D eigenvalue weighted by atomic mass is 15.1. The van der Waals surface area contributed by atoms with E-state index in [-0.39, 0.29) is 0 Å². The molecule has 0 saturated carbocycles. The molecule has 0 amide bonds. The van der Waals surface area contributed by atoms with Crippen molar-refractivity contribution in [3.05, 3.63) is 78.4 Å². The second-order valence-electron chi connectivity index (χ2n) is 5.34.